The number of ether oxygens (including phenoxy) is 1. The zero-order valence-corrected chi connectivity index (χ0v) is 21.3. The molecule has 4 aromatic heterocycles. The summed E-state index contributed by atoms with van der Waals surface area (Å²) < 4.78 is 62.2. The van der Waals surface area contributed by atoms with Crippen molar-refractivity contribution in [1.29, 1.82) is 0 Å². The number of benzene rings is 1. The van der Waals surface area contributed by atoms with Gasteiger partial charge in [-0.3, -0.25) is 14.6 Å². The van der Waals surface area contributed by atoms with Crippen LogP contribution in [-0.4, -0.2) is 62.5 Å². The zero-order valence-electron chi connectivity index (χ0n) is 21.3. The predicted molar refractivity (Wildman–Crippen MR) is 142 cm³/mol. The maximum atomic E-state index is 14.8. The van der Waals surface area contributed by atoms with Crippen LogP contribution in [0.3, 0.4) is 0 Å². The number of alkyl halides is 3. The predicted octanol–water partition coefficient (Wildman–Crippen LogP) is 5.71. The number of fused-ring (bicyclic) bond motifs is 1. The molecule has 5 aromatic rings. The average molecular weight is 549 g/mol. The summed E-state index contributed by atoms with van der Waals surface area (Å²) in [5.41, 5.74) is 2.12. The monoisotopic (exact) mass is 548 g/mol. The lowest BCUT2D eigenvalue weighted by molar-refractivity contribution is -0.137. The minimum absolute atomic E-state index is 0.0473. The number of rotatable bonds is 6. The summed E-state index contributed by atoms with van der Waals surface area (Å²) in [5, 5.41) is 5.16. The first-order valence-electron chi connectivity index (χ1n) is 12.8. The van der Waals surface area contributed by atoms with Crippen LogP contribution < -0.4 is 0 Å². The van der Waals surface area contributed by atoms with Gasteiger partial charge in [-0.2, -0.15) is 18.3 Å². The topological polar surface area (TPSA) is 69.0 Å². The van der Waals surface area contributed by atoms with Gasteiger partial charge < -0.3 is 4.74 Å². The first kappa shape index (κ1) is 26.0. The lowest BCUT2D eigenvalue weighted by atomic mass is 9.98. The van der Waals surface area contributed by atoms with Crippen LogP contribution in [0.15, 0.2) is 73.4 Å². The van der Waals surface area contributed by atoms with Crippen LogP contribution >= 0.6 is 0 Å². The Morgan fingerprint density at radius 2 is 1.70 bits per heavy atom. The first-order valence-corrected chi connectivity index (χ1v) is 12.8. The fraction of sp³-hybridized carbons (Fsp3) is 0.241. The summed E-state index contributed by atoms with van der Waals surface area (Å²) in [5.74, 6) is -0.807. The summed E-state index contributed by atoms with van der Waals surface area (Å²) >= 11 is 0. The molecule has 1 fully saturated rings. The van der Waals surface area contributed by atoms with E-state index in [0.717, 1.165) is 62.7 Å². The van der Waals surface area contributed by atoms with E-state index in [9.17, 15) is 17.6 Å². The number of nitrogens with zero attached hydrogens (tertiary/aromatic N) is 6. The van der Waals surface area contributed by atoms with E-state index in [1.165, 1.54) is 6.20 Å². The number of pyridine rings is 3. The highest BCUT2D eigenvalue weighted by atomic mass is 19.4. The number of hydrogen-bond donors (Lipinski definition) is 0. The molecular formula is C29H24F4N6O. The Bertz CT molecular complexity index is 1660. The molecule has 5 heterocycles. The van der Waals surface area contributed by atoms with Crippen LogP contribution in [0.2, 0.25) is 0 Å². The van der Waals surface area contributed by atoms with Crippen molar-refractivity contribution in [3.8, 4) is 33.5 Å². The van der Waals surface area contributed by atoms with E-state index in [1.807, 2.05) is 23.0 Å². The van der Waals surface area contributed by atoms with Gasteiger partial charge in [0.1, 0.15) is 5.82 Å². The summed E-state index contributed by atoms with van der Waals surface area (Å²) in [4.78, 5) is 15.4. The molecule has 0 bridgehead atoms. The van der Waals surface area contributed by atoms with Crippen molar-refractivity contribution in [3.63, 3.8) is 0 Å². The summed E-state index contributed by atoms with van der Waals surface area (Å²) in [7, 11) is 0. The smallest absolute Gasteiger partial charge is 0.379 e. The normalized spacial score (nSPS) is 14.6. The standard InChI is InChI=1S/C29H24F4N6O/c30-26-4-3-22(29(31,32)33)13-25(26)27-14-24(23-2-1-5-35-28(23)37-27)20-12-19(15-34-16-20)21-17-36-39(18-21)7-6-38-8-10-40-11-9-38/h1-5,12-18H,6-11H2. The Kier molecular flexibility index (Phi) is 6.99. The van der Waals surface area contributed by atoms with E-state index in [2.05, 4.69) is 25.0 Å². The molecule has 11 heteroatoms. The fourth-order valence-electron chi connectivity index (χ4n) is 4.78. The second-order valence-electron chi connectivity index (χ2n) is 9.53. The van der Waals surface area contributed by atoms with Gasteiger partial charge in [0.15, 0.2) is 5.65 Å². The van der Waals surface area contributed by atoms with Crippen molar-refractivity contribution >= 4 is 11.0 Å². The van der Waals surface area contributed by atoms with E-state index in [4.69, 9.17) is 4.74 Å². The molecule has 0 saturated carbocycles. The van der Waals surface area contributed by atoms with Gasteiger partial charge in [-0.1, -0.05) is 0 Å². The summed E-state index contributed by atoms with van der Waals surface area (Å²) in [6.45, 7) is 4.89. The molecule has 6 rings (SSSR count). The van der Waals surface area contributed by atoms with Crippen LogP contribution in [0.4, 0.5) is 17.6 Å². The highest BCUT2D eigenvalue weighted by molar-refractivity contribution is 5.95. The van der Waals surface area contributed by atoms with E-state index in [1.54, 1.807) is 30.7 Å². The lowest BCUT2D eigenvalue weighted by Gasteiger charge is -2.26. The Morgan fingerprint density at radius 1 is 0.875 bits per heavy atom. The minimum atomic E-state index is -4.62. The van der Waals surface area contributed by atoms with E-state index >= 15 is 0 Å². The maximum absolute atomic E-state index is 14.8. The Balaban J connectivity index is 1.36. The van der Waals surface area contributed by atoms with Crippen molar-refractivity contribution in [3.05, 3.63) is 84.8 Å². The van der Waals surface area contributed by atoms with Crippen molar-refractivity contribution in [2.24, 2.45) is 0 Å². The molecule has 0 radical (unpaired) electrons. The largest absolute Gasteiger partial charge is 0.416 e. The van der Waals surface area contributed by atoms with Gasteiger partial charge >= 0.3 is 6.18 Å². The first-order chi connectivity index (χ1) is 19.3. The highest BCUT2D eigenvalue weighted by Crippen LogP contribution is 2.36. The minimum Gasteiger partial charge on any atom is -0.379 e. The lowest BCUT2D eigenvalue weighted by Crippen LogP contribution is -2.38. The third-order valence-corrected chi connectivity index (χ3v) is 6.92. The molecule has 0 aliphatic carbocycles. The molecule has 1 aromatic carbocycles. The molecule has 40 heavy (non-hydrogen) atoms. The Hall–Kier alpha value is -4.22. The average Bonchev–Trinajstić information content (AvgIpc) is 3.45. The maximum Gasteiger partial charge on any atom is 0.416 e. The third kappa shape index (κ3) is 5.43. The van der Waals surface area contributed by atoms with Crippen molar-refractivity contribution < 1.29 is 22.3 Å². The van der Waals surface area contributed by atoms with Gasteiger partial charge in [-0.15, -0.1) is 0 Å². The van der Waals surface area contributed by atoms with E-state index < -0.39 is 17.6 Å². The summed E-state index contributed by atoms with van der Waals surface area (Å²) in [6, 6.07) is 9.35. The molecule has 1 aliphatic heterocycles. The molecule has 1 aliphatic rings. The summed E-state index contributed by atoms with van der Waals surface area (Å²) in [6.07, 6.45) is 4.02. The molecule has 0 N–H and O–H groups in total. The van der Waals surface area contributed by atoms with Crippen molar-refractivity contribution in [2.75, 3.05) is 32.8 Å². The second kappa shape index (κ2) is 10.7. The zero-order chi connectivity index (χ0) is 27.7. The number of hydrogen-bond acceptors (Lipinski definition) is 6. The molecule has 0 atom stereocenters. The molecule has 0 spiro atoms. The number of halogens is 4. The quantitative estimate of drug-likeness (QED) is 0.253. The second-order valence-corrected chi connectivity index (χ2v) is 9.53. The van der Waals surface area contributed by atoms with Gasteiger partial charge in [-0.25, -0.2) is 14.4 Å². The fourth-order valence-corrected chi connectivity index (χ4v) is 4.78. The van der Waals surface area contributed by atoms with E-state index in [-0.39, 0.29) is 16.9 Å². The third-order valence-electron chi connectivity index (χ3n) is 6.92. The van der Waals surface area contributed by atoms with Gasteiger partial charge in [0.05, 0.1) is 37.2 Å². The Labute approximate surface area is 227 Å². The molecule has 0 unspecified atom stereocenters. The van der Waals surface area contributed by atoms with Crippen LogP contribution in [-0.2, 0) is 17.5 Å². The number of aromatic nitrogens is 5. The van der Waals surface area contributed by atoms with Gasteiger partial charge in [0.2, 0.25) is 0 Å². The van der Waals surface area contributed by atoms with E-state index in [0.29, 0.717) is 22.6 Å². The van der Waals surface area contributed by atoms with Crippen molar-refractivity contribution in [2.45, 2.75) is 12.7 Å². The highest BCUT2D eigenvalue weighted by Gasteiger charge is 2.31. The van der Waals surface area contributed by atoms with Crippen LogP contribution in [0.1, 0.15) is 5.56 Å². The molecule has 204 valence electrons. The molecule has 0 amide bonds. The van der Waals surface area contributed by atoms with Gasteiger partial charge in [0, 0.05) is 72.1 Å². The van der Waals surface area contributed by atoms with Crippen molar-refractivity contribution in [1.82, 2.24) is 29.6 Å². The van der Waals surface area contributed by atoms with Gasteiger partial charge in [0.25, 0.3) is 0 Å². The molecule has 7 nitrogen and oxygen atoms in total. The Morgan fingerprint density at radius 3 is 2.52 bits per heavy atom. The number of morpholine rings is 1. The molecular weight excluding hydrogens is 524 g/mol. The van der Waals surface area contributed by atoms with Crippen LogP contribution in [0.5, 0.6) is 0 Å². The van der Waals surface area contributed by atoms with Crippen LogP contribution in [0.25, 0.3) is 44.5 Å². The SMILES string of the molecule is Fc1ccc(C(F)(F)F)cc1-c1cc(-c2cncc(-c3cnn(CCN4CCOCC4)c3)c2)c2cccnc2n1. The van der Waals surface area contributed by atoms with Gasteiger partial charge in [-0.05, 0) is 48.0 Å². The van der Waals surface area contributed by atoms with Crippen LogP contribution in [0, 0.1) is 5.82 Å². The molecule has 1 saturated heterocycles.